The molecule has 1 aromatic carbocycles. The van der Waals surface area contributed by atoms with Gasteiger partial charge in [0.1, 0.15) is 11.6 Å². The van der Waals surface area contributed by atoms with Crippen LogP contribution in [0.15, 0.2) is 27.4 Å². The number of methoxy groups -OCH3 is 1. The Morgan fingerprint density at radius 3 is 2.74 bits per heavy atom. The summed E-state index contributed by atoms with van der Waals surface area (Å²) in [4.78, 5) is 36.9. The maximum atomic E-state index is 12.6. The SMILES string of the molecule is COC(=O)C(CC12CCCC(C1)C(c1ccc3oc(=O)n(C)c3c1)CC2)NC(=O)OC(C)(C)C. The highest BCUT2D eigenvalue weighted by Crippen LogP contribution is 2.56. The number of carbonyl (C=O) groups excluding carboxylic acids is 2. The molecule has 8 heteroatoms. The summed E-state index contributed by atoms with van der Waals surface area (Å²) in [6.07, 6.45) is 6.20. The highest BCUT2D eigenvalue weighted by Gasteiger charge is 2.46. The fraction of sp³-hybridized carbons (Fsp3) is 0.654. The molecular weight excluding hydrogens is 436 g/mol. The molecule has 8 nitrogen and oxygen atoms in total. The number of hydrogen-bond donors (Lipinski definition) is 1. The number of nitrogens with zero attached hydrogens (tertiary/aromatic N) is 1. The van der Waals surface area contributed by atoms with E-state index in [1.807, 2.05) is 6.07 Å². The Kier molecular flexibility index (Phi) is 6.53. The summed E-state index contributed by atoms with van der Waals surface area (Å²) in [5.74, 6) is 0.108. The van der Waals surface area contributed by atoms with Crippen molar-refractivity contribution < 1.29 is 23.5 Å². The molecule has 4 rings (SSSR count). The molecule has 2 saturated carbocycles. The van der Waals surface area contributed by atoms with Gasteiger partial charge < -0.3 is 19.2 Å². The maximum Gasteiger partial charge on any atom is 0.419 e. The van der Waals surface area contributed by atoms with Gasteiger partial charge in [-0.3, -0.25) is 4.57 Å². The first-order chi connectivity index (χ1) is 16.0. The molecule has 2 aliphatic carbocycles. The van der Waals surface area contributed by atoms with Gasteiger partial charge in [0.2, 0.25) is 0 Å². The molecule has 2 bridgehead atoms. The van der Waals surface area contributed by atoms with Gasteiger partial charge in [-0.05, 0) is 94.2 Å². The number of rotatable bonds is 5. The summed E-state index contributed by atoms with van der Waals surface area (Å²) in [6.45, 7) is 5.39. The number of carbonyl (C=O) groups is 2. The van der Waals surface area contributed by atoms with Gasteiger partial charge in [-0.15, -0.1) is 0 Å². The molecule has 0 radical (unpaired) electrons. The Bertz CT molecular complexity index is 1130. The van der Waals surface area contributed by atoms with E-state index in [2.05, 4.69) is 17.4 Å². The average Bonchev–Trinajstić information content (AvgIpc) is 3.05. The van der Waals surface area contributed by atoms with Crippen LogP contribution in [0, 0.1) is 11.3 Å². The Morgan fingerprint density at radius 2 is 2.03 bits per heavy atom. The molecule has 1 N–H and O–H groups in total. The van der Waals surface area contributed by atoms with Crippen LogP contribution in [-0.2, 0) is 21.3 Å². The zero-order valence-corrected chi connectivity index (χ0v) is 20.8. The number of ether oxygens (including phenoxy) is 2. The van der Waals surface area contributed by atoms with Crippen LogP contribution in [0.25, 0.3) is 11.1 Å². The summed E-state index contributed by atoms with van der Waals surface area (Å²) in [5.41, 5.74) is 2.01. The van der Waals surface area contributed by atoms with E-state index in [0.717, 1.165) is 44.0 Å². The van der Waals surface area contributed by atoms with Crippen molar-refractivity contribution in [3.8, 4) is 0 Å². The second-order valence-electron chi connectivity index (χ2n) is 11.1. The minimum atomic E-state index is -0.730. The standard InChI is InChI=1S/C26H36N2O6/c1-25(2,3)34-23(30)27-19(22(29)32-5)15-26-11-6-7-17(14-26)18(10-12-26)16-8-9-21-20(13-16)28(4)24(31)33-21/h8-9,13,17-19H,6-7,10-12,14-15H2,1-5H3,(H,27,30). The smallest absolute Gasteiger partial charge is 0.419 e. The first-order valence-corrected chi connectivity index (χ1v) is 12.2. The normalized spacial score (nSPS) is 25.6. The monoisotopic (exact) mass is 472 g/mol. The number of amides is 1. The van der Waals surface area contributed by atoms with Crippen LogP contribution in [0.4, 0.5) is 4.79 Å². The number of aromatic nitrogens is 1. The second-order valence-corrected chi connectivity index (χ2v) is 11.1. The highest BCUT2D eigenvalue weighted by atomic mass is 16.6. The molecule has 2 aliphatic rings. The zero-order valence-electron chi connectivity index (χ0n) is 20.8. The number of esters is 1. The lowest BCUT2D eigenvalue weighted by molar-refractivity contribution is -0.144. The molecule has 2 fully saturated rings. The minimum Gasteiger partial charge on any atom is -0.467 e. The largest absolute Gasteiger partial charge is 0.467 e. The average molecular weight is 473 g/mol. The lowest BCUT2D eigenvalue weighted by Crippen LogP contribution is -2.48. The number of hydrogen-bond acceptors (Lipinski definition) is 6. The number of aryl methyl sites for hydroxylation is 1. The van der Waals surface area contributed by atoms with Gasteiger partial charge in [-0.1, -0.05) is 12.5 Å². The lowest BCUT2D eigenvalue weighted by atomic mass is 9.55. The molecule has 1 heterocycles. The number of alkyl carbamates (subject to hydrolysis) is 1. The van der Waals surface area contributed by atoms with Crippen molar-refractivity contribution in [2.75, 3.05) is 7.11 Å². The van der Waals surface area contributed by atoms with Crippen LogP contribution < -0.4 is 11.1 Å². The van der Waals surface area contributed by atoms with Gasteiger partial charge in [-0.2, -0.15) is 0 Å². The third-order valence-corrected chi connectivity index (χ3v) is 7.59. The molecule has 2 aromatic rings. The second kappa shape index (κ2) is 9.12. The molecule has 1 aromatic heterocycles. The molecule has 0 saturated heterocycles. The molecular formula is C26H36N2O6. The van der Waals surface area contributed by atoms with Crippen molar-refractivity contribution >= 4 is 23.2 Å². The minimum absolute atomic E-state index is 0.0140. The van der Waals surface area contributed by atoms with E-state index in [1.54, 1.807) is 32.4 Å². The molecule has 4 atom stereocenters. The Morgan fingerprint density at radius 1 is 1.26 bits per heavy atom. The highest BCUT2D eigenvalue weighted by molar-refractivity contribution is 5.81. The quantitative estimate of drug-likeness (QED) is 0.637. The molecule has 0 spiro atoms. The summed E-state index contributed by atoms with van der Waals surface area (Å²) < 4.78 is 17.3. The van der Waals surface area contributed by atoms with Gasteiger partial charge in [0, 0.05) is 7.05 Å². The Labute approximate surface area is 200 Å². The van der Waals surface area contributed by atoms with Crippen LogP contribution >= 0.6 is 0 Å². The molecule has 1 amide bonds. The first kappa shape index (κ1) is 24.4. The summed E-state index contributed by atoms with van der Waals surface area (Å²) in [7, 11) is 3.08. The van der Waals surface area contributed by atoms with Crippen molar-refractivity contribution in [3.05, 3.63) is 34.3 Å². The zero-order chi connectivity index (χ0) is 24.7. The predicted octanol–water partition coefficient (Wildman–Crippen LogP) is 4.64. The number of nitrogens with one attached hydrogen (secondary N) is 1. The Balaban J connectivity index is 1.51. The van der Waals surface area contributed by atoms with E-state index >= 15 is 0 Å². The first-order valence-electron chi connectivity index (χ1n) is 12.2. The van der Waals surface area contributed by atoms with Crippen LogP contribution in [0.1, 0.15) is 77.2 Å². The van der Waals surface area contributed by atoms with Crippen molar-refractivity contribution in [3.63, 3.8) is 0 Å². The molecule has 34 heavy (non-hydrogen) atoms. The van der Waals surface area contributed by atoms with E-state index in [0.29, 0.717) is 23.8 Å². The van der Waals surface area contributed by atoms with Gasteiger partial charge in [0.05, 0.1) is 12.6 Å². The van der Waals surface area contributed by atoms with Gasteiger partial charge >= 0.3 is 17.8 Å². The molecule has 4 unspecified atom stereocenters. The fourth-order valence-corrected chi connectivity index (χ4v) is 6.09. The summed E-state index contributed by atoms with van der Waals surface area (Å²) >= 11 is 0. The van der Waals surface area contributed by atoms with Crippen LogP contribution in [0.2, 0.25) is 0 Å². The van der Waals surface area contributed by atoms with Crippen LogP contribution in [-0.4, -0.2) is 35.4 Å². The van der Waals surface area contributed by atoms with E-state index < -0.39 is 23.7 Å². The lowest BCUT2D eigenvalue weighted by Gasteiger charge is -2.50. The molecule has 0 aliphatic heterocycles. The van der Waals surface area contributed by atoms with E-state index in [-0.39, 0.29) is 11.2 Å². The van der Waals surface area contributed by atoms with Crippen molar-refractivity contribution in [1.29, 1.82) is 0 Å². The number of benzene rings is 1. The molecule has 186 valence electrons. The maximum absolute atomic E-state index is 12.6. The van der Waals surface area contributed by atoms with Gasteiger partial charge in [-0.25, -0.2) is 14.4 Å². The van der Waals surface area contributed by atoms with Crippen molar-refractivity contribution in [2.45, 2.75) is 83.3 Å². The van der Waals surface area contributed by atoms with E-state index in [9.17, 15) is 14.4 Å². The van der Waals surface area contributed by atoms with E-state index in [1.165, 1.54) is 12.7 Å². The van der Waals surface area contributed by atoms with E-state index in [4.69, 9.17) is 13.9 Å². The van der Waals surface area contributed by atoms with Gasteiger partial charge in [0.15, 0.2) is 5.58 Å². The third-order valence-electron chi connectivity index (χ3n) is 7.59. The topological polar surface area (TPSA) is 99.8 Å². The fourth-order valence-electron chi connectivity index (χ4n) is 6.09. The number of fused-ring (bicyclic) bond motifs is 3. The predicted molar refractivity (Wildman–Crippen MR) is 128 cm³/mol. The Hall–Kier alpha value is -2.77. The summed E-state index contributed by atoms with van der Waals surface area (Å²) in [5, 5.41) is 2.76. The summed E-state index contributed by atoms with van der Waals surface area (Å²) in [6, 6.07) is 5.34. The van der Waals surface area contributed by atoms with Crippen molar-refractivity contribution in [2.24, 2.45) is 18.4 Å². The third kappa shape index (κ3) is 5.00. The number of oxazole rings is 1. The van der Waals surface area contributed by atoms with Crippen molar-refractivity contribution in [1.82, 2.24) is 9.88 Å². The van der Waals surface area contributed by atoms with Crippen LogP contribution in [0.3, 0.4) is 0 Å². The van der Waals surface area contributed by atoms with Gasteiger partial charge in [0.25, 0.3) is 0 Å². The van der Waals surface area contributed by atoms with Crippen LogP contribution in [0.5, 0.6) is 0 Å².